The van der Waals surface area contributed by atoms with Crippen LogP contribution in [0.25, 0.3) is 16.5 Å². The van der Waals surface area contributed by atoms with Gasteiger partial charge in [-0.05, 0) is 44.2 Å². The summed E-state index contributed by atoms with van der Waals surface area (Å²) in [4.78, 5) is 37.5. The molecule has 0 aliphatic rings. The summed E-state index contributed by atoms with van der Waals surface area (Å²) >= 11 is 7.06. The highest BCUT2D eigenvalue weighted by Gasteiger charge is 2.22. The van der Waals surface area contributed by atoms with E-state index in [9.17, 15) is 14.4 Å². The number of carbonyl (C=O) groups is 2. The molecule has 7 nitrogen and oxygen atoms in total. The lowest BCUT2D eigenvalue weighted by Gasteiger charge is -2.09. The molecule has 3 rings (SSSR count). The summed E-state index contributed by atoms with van der Waals surface area (Å²) in [6.07, 6.45) is 2.93. The Balaban J connectivity index is 2.27. The first kappa shape index (κ1) is 19.8. The molecule has 1 aromatic carbocycles. The average Bonchev–Trinajstić information content (AvgIpc) is 3.07. The fourth-order valence-electron chi connectivity index (χ4n) is 2.55. The minimum atomic E-state index is -0.653. The number of anilines is 1. The molecule has 9 heteroatoms. The van der Waals surface area contributed by atoms with Gasteiger partial charge in [0.15, 0.2) is 5.69 Å². The van der Waals surface area contributed by atoms with Crippen LogP contribution in [-0.2, 0) is 9.53 Å². The number of nitrogens with zero attached hydrogens (tertiary/aromatic N) is 2. The van der Waals surface area contributed by atoms with Crippen LogP contribution in [0.2, 0.25) is 5.02 Å². The van der Waals surface area contributed by atoms with E-state index in [0.717, 1.165) is 16.0 Å². The topological polar surface area (TPSA) is 90.3 Å². The first-order chi connectivity index (χ1) is 13.5. The normalized spacial score (nSPS) is 11.1. The molecule has 2 aromatic heterocycles. The molecule has 0 unspecified atom stereocenters. The van der Waals surface area contributed by atoms with Gasteiger partial charge in [-0.2, -0.15) is 9.78 Å². The fraction of sp³-hybridized carbons (Fsp3) is 0.158. The number of hydrogen-bond donors (Lipinski definition) is 1. The summed E-state index contributed by atoms with van der Waals surface area (Å²) in [6.45, 7) is 3.56. The number of allylic oxidation sites excluding steroid dienone is 1. The fourth-order valence-corrected chi connectivity index (χ4v) is 3.62. The standard InChI is InChI=1S/C19H16ClN3O4S/c1-3-5-14(24)21-17-15-13(10-28-17)16(19(26)27-4-2)22-23(18(15)25)12-8-6-11(20)7-9-12/h3,5-10H,4H2,1-2H3,(H,21,24). The van der Waals surface area contributed by atoms with E-state index in [4.69, 9.17) is 16.3 Å². The van der Waals surface area contributed by atoms with Gasteiger partial charge in [-0.25, -0.2) is 4.79 Å². The minimum Gasteiger partial charge on any atom is -0.461 e. The molecule has 0 fully saturated rings. The highest BCUT2D eigenvalue weighted by atomic mass is 35.5. The zero-order valence-corrected chi connectivity index (χ0v) is 16.6. The Morgan fingerprint density at radius 1 is 1.32 bits per heavy atom. The van der Waals surface area contributed by atoms with Crippen molar-refractivity contribution in [3.05, 3.63) is 62.9 Å². The van der Waals surface area contributed by atoms with Crippen molar-refractivity contribution in [3.8, 4) is 5.69 Å². The Labute approximate surface area is 169 Å². The van der Waals surface area contributed by atoms with Crippen LogP contribution >= 0.6 is 22.9 Å². The SMILES string of the molecule is CC=CC(=O)Nc1scc2c(C(=O)OCC)nn(-c3ccc(Cl)cc3)c(=O)c12. The molecule has 2 heterocycles. The predicted octanol–water partition coefficient (Wildman–Crippen LogP) is 3.79. The molecular formula is C19H16ClN3O4S. The van der Waals surface area contributed by atoms with E-state index in [2.05, 4.69) is 10.4 Å². The Hall–Kier alpha value is -2.97. The van der Waals surface area contributed by atoms with Gasteiger partial charge < -0.3 is 10.1 Å². The van der Waals surface area contributed by atoms with E-state index < -0.39 is 11.5 Å². The molecule has 0 bridgehead atoms. The van der Waals surface area contributed by atoms with Gasteiger partial charge in [0.1, 0.15) is 5.00 Å². The van der Waals surface area contributed by atoms with E-state index in [0.29, 0.717) is 21.1 Å². The van der Waals surface area contributed by atoms with Gasteiger partial charge in [0, 0.05) is 15.8 Å². The maximum Gasteiger partial charge on any atom is 0.359 e. The number of benzene rings is 1. The van der Waals surface area contributed by atoms with Crippen LogP contribution in [0.4, 0.5) is 5.00 Å². The van der Waals surface area contributed by atoms with Crippen LogP contribution in [0.1, 0.15) is 24.3 Å². The Bertz CT molecular complexity index is 1130. The van der Waals surface area contributed by atoms with Crippen molar-refractivity contribution in [1.82, 2.24) is 9.78 Å². The molecule has 0 atom stereocenters. The molecule has 3 aromatic rings. The quantitative estimate of drug-likeness (QED) is 0.503. The summed E-state index contributed by atoms with van der Waals surface area (Å²) in [5.41, 5.74) is -0.0460. The number of fused-ring (bicyclic) bond motifs is 1. The number of esters is 1. The molecular weight excluding hydrogens is 402 g/mol. The molecule has 0 saturated heterocycles. The number of rotatable bonds is 5. The maximum absolute atomic E-state index is 13.1. The third-order valence-electron chi connectivity index (χ3n) is 3.75. The Morgan fingerprint density at radius 3 is 2.68 bits per heavy atom. The number of hydrogen-bond acceptors (Lipinski definition) is 6. The molecule has 28 heavy (non-hydrogen) atoms. The third kappa shape index (κ3) is 3.83. The summed E-state index contributed by atoms with van der Waals surface area (Å²) in [6, 6.07) is 6.45. The first-order valence-corrected chi connectivity index (χ1v) is 9.63. The van der Waals surface area contributed by atoms with Crippen LogP contribution < -0.4 is 10.9 Å². The summed E-state index contributed by atoms with van der Waals surface area (Å²) in [5, 5.41) is 9.84. The van der Waals surface area contributed by atoms with Crippen molar-refractivity contribution >= 4 is 50.6 Å². The lowest BCUT2D eigenvalue weighted by Crippen LogP contribution is -2.25. The van der Waals surface area contributed by atoms with Crippen molar-refractivity contribution < 1.29 is 14.3 Å². The number of aromatic nitrogens is 2. The second-order valence-corrected chi connectivity index (χ2v) is 6.92. The van der Waals surface area contributed by atoms with Crippen LogP contribution in [0.5, 0.6) is 0 Å². The monoisotopic (exact) mass is 417 g/mol. The van der Waals surface area contributed by atoms with E-state index in [1.807, 2.05) is 0 Å². The van der Waals surface area contributed by atoms with Gasteiger partial charge in [0.05, 0.1) is 17.7 Å². The number of halogens is 1. The summed E-state index contributed by atoms with van der Waals surface area (Å²) in [5.74, 6) is -1.03. The summed E-state index contributed by atoms with van der Waals surface area (Å²) < 4.78 is 6.18. The smallest absolute Gasteiger partial charge is 0.359 e. The molecule has 1 N–H and O–H groups in total. The van der Waals surface area contributed by atoms with Crippen molar-refractivity contribution in [2.75, 3.05) is 11.9 Å². The first-order valence-electron chi connectivity index (χ1n) is 8.37. The zero-order chi connectivity index (χ0) is 20.3. The van der Waals surface area contributed by atoms with Gasteiger partial charge in [-0.1, -0.05) is 17.7 Å². The Morgan fingerprint density at radius 2 is 2.04 bits per heavy atom. The number of ether oxygens (including phenoxy) is 1. The highest BCUT2D eigenvalue weighted by Crippen LogP contribution is 2.30. The number of nitrogens with one attached hydrogen (secondary N) is 1. The number of amides is 1. The highest BCUT2D eigenvalue weighted by molar-refractivity contribution is 7.16. The molecule has 0 aliphatic heterocycles. The zero-order valence-electron chi connectivity index (χ0n) is 15.1. The lowest BCUT2D eigenvalue weighted by molar-refractivity contribution is -0.111. The van der Waals surface area contributed by atoms with Crippen LogP contribution in [0.15, 0.2) is 46.6 Å². The average molecular weight is 418 g/mol. The molecule has 0 aliphatic carbocycles. The molecule has 0 radical (unpaired) electrons. The van der Waals surface area contributed by atoms with Crippen molar-refractivity contribution in [3.63, 3.8) is 0 Å². The van der Waals surface area contributed by atoms with E-state index in [1.165, 1.54) is 6.08 Å². The molecule has 1 amide bonds. The van der Waals surface area contributed by atoms with Crippen LogP contribution in [-0.4, -0.2) is 28.3 Å². The van der Waals surface area contributed by atoms with Crippen LogP contribution in [0.3, 0.4) is 0 Å². The predicted molar refractivity (Wildman–Crippen MR) is 110 cm³/mol. The van der Waals surface area contributed by atoms with Crippen molar-refractivity contribution in [2.45, 2.75) is 13.8 Å². The second-order valence-electron chi connectivity index (χ2n) is 5.61. The summed E-state index contributed by atoms with van der Waals surface area (Å²) in [7, 11) is 0. The van der Waals surface area contributed by atoms with Gasteiger partial charge >= 0.3 is 5.97 Å². The minimum absolute atomic E-state index is 0.00539. The third-order valence-corrected chi connectivity index (χ3v) is 4.89. The lowest BCUT2D eigenvalue weighted by atomic mass is 10.2. The van der Waals surface area contributed by atoms with Gasteiger partial charge in [0.25, 0.3) is 5.56 Å². The van der Waals surface area contributed by atoms with Gasteiger partial charge in [-0.15, -0.1) is 11.3 Å². The van der Waals surface area contributed by atoms with E-state index in [-0.39, 0.29) is 23.6 Å². The van der Waals surface area contributed by atoms with Gasteiger partial charge in [-0.3, -0.25) is 9.59 Å². The number of thiophene rings is 1. The second kappa shape index (κ2) is 8.37. The molecule has 0 spiro atoms. The van der Waals surface area contributed by atoms with E-state index >= 15 is 0 Å². The van der Waals surface area contributed by atoms with Crippen LogP contribution in [0, 0.1) is 0 Å². The molecule has 144 valence electrons. The Kier molecular flexibility index (Phi) is 5.91. The largest absolute Gasteiger partial charge is 0.461 e. The molecule has 0 saturated carbocycles. The van der Waals surface area contributed by atoms with Gasteiger partial charge in [0.2, 0.25) is 5.91 Å². The van der Waals surface area contributed by atoms with Crippen molar-refractivity contribution in [2.24, 2.45) is 0 Å². The van der Waals surface area contributed by atoms with Crippen molar-refractivity contribution in [1.29, 1.82) is 0 Å². The maximum atomic E-state index is 13.1. The number of carbonyl (C=O) groups excluding carboxylic acids is 2. The van der Waals surface area contributed by atoms with E-state index in [1.54, 1.807) is 49.6 Å².